The van der Waals surface area contributed by atoms with E-state index in [0.717, 1.165) is 51.3 Å². The number of methoxy groups -OCH3 is 2. The lowest BCUT2D eigenvalue weighted by molar-refractivity contribution is -0.300. The van der Waals surface area contributed by atoms with Crippen LogP contribution in [0, 0.1) is 0 Å². The zero-order valence-corrected chi connectivity index (χ0v) is 35.3. The van der Waals surface area contributed by atoms with Gasteiger partial charge in [-0.2, -0.15) is 0 Å². The molecule has 270 valence electrons. The van der Waals surface area contributed by atoms with Crippen molar-refractivity contribution in [3.05, 3.63) is 183 Å². The molecule has 0 saturated heterocycles. The molecule has 0 radical (unpaired) electrons. The molecule has 54 heavy (non-hydrogen) atoms. The summed E-state index contributed by atoms with van der Waals surface area (Å²) < 4.78 is 27.4. The first-order valence-electron chi connectivity index (χ1n) is 16.7. The van der Waals surface area contributed by atoms with Gasteiger partial charge in [0.1, 0.15) is 11.5 Å². The van der Waals surface area contributed by atoms with Crippen LogP contribution >= 0.6 is 63.7 Å². The molecular formula is C44H30Br4O6. The molecule has 6 nitrogen and oxygen atoms in total. The molecule has 4 aromatic carbocycles. The van der Waals surface area contributed by atoms with Gasteiger partial charge < -0.3 is 19.3 Å². The number of hydrogen-bond acceptors (Lipinski definition) is 5. The minimum Gasteiger partial charge on any atom is -0.871 e. The Morgan fingerprint density at radius 2 is 1.24 bits per heavy atom. The molecule has 1 aliphatic carbocycles. The molecule has 2 heterocycles. The van der Waals surface area contributed by atoms with E-state index in [0.29, 0.717) is 47.4 Å². The van der Waals surface area contributed by atoms with Crippen LogP contribution in [0.4, 0.5) is 0 Å². The second-order valence-corrected chi connectivity index (χ2v) is 15.9. The minimum absolute atomic E-state index is 0.0925. The van der Waals surface area contributed by atoms with E-state index < -0.39 is 0 Å². The Kier molecular flexibility index (Phi) is 11.8. The van der Waals surface area contributed by atoms with Gasteiger partial charge in [0.25, 0.3) is 0 Å². The molecule has 1 aliphatic heterocycles. The summed E-state index contributed by atoms with van der Waals surface area (Å²) in [6.07, 6.45) is 6.94. The predicted octanol–water partition coefficient (Wildman–Crippen LogP) is 11.9. The standard InChI is InChI=1S/C44H30Br4O6/c1-51-23-29-7-3-5-9-31(29)41-19-25(17-39(53-41)27-11-13-35(45)37(47)21-27)15-33-43(49)34(44(33)50)16-26-18-40(28-12-14-36(46)38(48)22-28)54-42(20-26)32-10-6-4-8-30(32)24-52-2/h3-22H,23-24H2,1-2H3. The Balaban J connectivity index is 1.31. The number of Topliss-reactive ketones (excluding diaryl/α,β-unsaturated/α-hetero) is 1. The molecular weight excluding hydrogens is 944 g/mol. The van der Waals surface area contributed by atoms with Crippen LogP contribution in [0.25, 0.3) is 40.2 Å². The van der Waals surface area contributed by atoms with Gasteiger partial charge in [-0.3, -0.25) is 4.79 Å². The van der Waals surface area contributed by atoms with E-state index >= 15 is 0 Å². The number of ether oxygens (including phenoxy) is 3. The van der Waals surface area contributed by atoms with Gasteiger partial charge >= 0.3 is 11.5 Å². The van der Waals surface area contributed by atoms with Crippen molar-refractivity contribution in [2.45, 2.75) is 13.2 Å². The summed E-state index contributed by atoms with van der Waals surface area (Å²) in [6, 6.07) is 30.9. The van der Waals surface area contributed by atoms with Crippen molar-refractivity contribution in [1.82, 2.24) is 0 Å². The van der Waals surface area contributed by atoms with Gasteiger partial charge in [-0.15, -0.1) is 0 Å². The minimum atomic E-state index is -0.342. The molecule has 7 rings (SSSR count). The zero-order valence-electron chi connectivity index (χ0n) is 28.9. The Morgan fingerprint density at radius 3 is 1.89 bits per heavy atom. The molecule has 1 aromatic heterocycles. The molecule has 5 aromatic rings. The van der Waals surface area contributed by atoms with Crippen LogP contribution in [-0.4, -0.2) is 20.0 Å². The predicted molar refractivity (Wildman–Crippen MR) is 224 cm³/mol. The van der Waals surface area contributed by atoms with Gasteiger partial charge in [0.15, 0.2) is 5.78 Å². The molecule has 0 saturated carbocycles. The van der Waals surface area contributed by atoms with Gasteiger partial charge in [-0.05, 0) is 147 Å². The van der Waals surface area contributed by atoms with E-state index in [-0.39, 0.29) is 22.7 Å². The second-order valence-electron chi connectivity index (χ2n) is 12.5. The average molecular weight is 974 g/mol. The maximum atomic E-state index is 13.8. The van der Waals surface area contributed by atoms with Crippen LogP contribution in [0.5, 0.6) is 0 Å². The maximum Gasteiger partial charge on any atom is 0.361 e. The highest BCUT2D eigenvalue weighted by atomic mass is 79.9. The molecule has 2 aliphatic rings. The SMILES string of the molecule is COCc1ccccc1C1=CC(=CC2=C([O-])C(=Cc3cc(-c4ccc(Br)c(Br)c4)[o+]c(-c4ccccc4COC)c3)C2=O)C=C(c2ccc(Br)c(Br)c2)O1. The third-order valence-corrected chi connectivity index (χ3v) is 12.6. The molecule has 0 N–H and O–H groups in total. The third kappa shape index (κ3) is 8.10. The molecule has 0 unspecified atom stereocenters. The monoisotopic (exact) mass is 970 g/mol. The number of carbonyl (C=O) groups excluding carboxylic acids is 1. The topological polar surface area (TPSA) is 79.1 Å². The number of halogens is 4. The van der Waals surface area contributed by atoms with Crippen molar-refractivity contribution < 1.29 is 28.5 Å². The van der Waals surface area contributed by atoms with E-state index in [4.69, 9.17) is 18.6 Å². The van der Waals surface area contributed by atoms with Gasteiger partial charge in [-0.25, -0.2) is 4.42 Å². The van der Waals surface area contributed by atoms with Crippen LogP contribution in [0.3, 0.4) is 0 Å². The summed E-state index contributed by atoms with van der Waals surface area (Å²) >= 11 is 14.3. The fraction of sp³-hybridized carbons (Fsp3) is 0.0909. The summed E-state index contributed by atoms with van der Waals surface area (Å²) in [7, 11) is 3.29. The zero-order chi connectivity index (χ0) is 37.9. The number of allylic oxidation sites excluding steroid dienone is 6. The lowest BCUT2D eigenvalue weighted by atomic mass is 9.85. The van der Waals surface area contributed by atoms with Crippen molar-refractivity contribution >= 4 is 87.1 Å². The van der Waals surface area contributed by atoms with Gasteiger partial charge in [0.2, 0.25) is 0 Å². The number of ketones is 1. The van der Waals surface area contributed by atoms with Gasteiger partial charge in [0, 0.05) is 54.4 Å². The largest absolute Gasteiger partial charge is 0.871 e. The smallest absolute Gasteiger partial charge is 0.361 e. The summed E-state index contributed by atoms with van der Waals surface area (Å²) in [5.74, 6) is 1.59. The summed E-state index contributed by atoms with van der Waals surface area (Å²) in [5, 5.41) is 13.8. The van der Waals surface area contributed by atoms with Gasteiger partial charge in [0.05, 0.1) is 36.5 Å². The van der Waals surface area contributed by atoms with Crippen molar-refractivity contribution in [2.75, 3.05) is 14.2 Å². The van der Waals surface area contributed by atoms with E-state index in [1.165, 1.54) is 0 Å². The summed E-state index contributed by atoms with van der Waals surface area (Å²) in [5.41, 5.74) is 6.66. The first-order valence-corrected chi connectivity index (χ1v) is 19.8. The van der Waals surface area contributed by atoms with E-state index in [2.05, 4.69) is 63.7 Å². The van der Waals surface area contributed by atoms with E-state index in [1.54, 1.807) is 26.4 Å². The fourth-order valence-electron chi connectivity index (χ4n) is 6.17. The van der Waals surface area contributed by atoms with E-state index in [9.17, 15) is 9.90 Å². The molecule has 0 bridgehead atoms. The maximum absolute atomic E-state index is 13.8. The lowest BCUT2D eigenvalue weighted by Crippen LogP contribution is -2.29. The normalized spacial score (nSPS) is 15.6. The molecule has 10 heteroatoms. The van der Waals surface area contributed by atoms with Crippen LogP contribution < -0.4 is 5.11 Å². The Labute approximate surface area is 346 Å². The first-order chi connectivity index (χ1) is 26.1. The highest BCUT2D eigenvalue weighted by Crippen LogP contribution is 2.39. The molecule has 0 spiro atoms. The molecule has 0 amide bonds. The molecule has 0 atom stereocenters. The van der Waals surface area contributed by atoms with Crippen molar-refractivity contribution in [3.8, 4) is 22.6 Å². The Hall–Kier alpha value is -4.16. The van der Waals surface area contributed by atoms with Crippen LogP contribution in [0.15, 0.2) is 160 Å². The van der Waals surface area contributed by atoms with Crippen molar-refractivity contribution in [2.24, 2.45) is 0 Å². The lowest BCUT2D eigenvalue weighted by Gasteiger charge is -2.29. The van der Waals surface area contributed by atoms with Crippen LogP contribution in [-0.2, 0) is 32.2 Å². The van der Waals surface area contributed by atoms with Gasteiger partial charge in [-0.1, -0.05) is 54.3 Å². The van der Waals surface area contributed by atoms with Crippen molar-refractivity contribution in [1.29, 1.82) is 0 Å². The highest BCUT2D eigenvalue weighted by molar-refractivity contribution is 9.13. The summed E-state index contributed by atoms with van der Waals surface area (Å²) in [4.78, 5) is 13.8. The van der Waals surface area contributed by atoms with E-state index in [1.807, 2.05) is 109 Å². The quantitative estimate of drug-likeness (QED) is 0.102. The van der Waals surface area contributed by atoms with Crippen molar-refractivity contribution in [3.63, 3.8) is 0 Å². The number of hydrogen-bond donors (Lipinski definition) is 0. The fourth-order valence-corrected chi connectivity index (χ4v) is 7.42. The average Bonchev–Trinajstić information content (AvgIpc) is 3.18. The number of carbonyl (C=O) groups is 1. The number of benzene rings is 4. The Morgan fingerprint density at radius 1 is 0.667 bits per heavy atom. The van der Waals surface area contributed by atoms with Crippen LogP contribution in [0.1, 0.15) is 27.8 Å². The number of rotatable bonds is 10. The molecule has 0 fully saturated rings. The third-order valence-electron chi connectivity index (χ3n) is 8.80. The van der Waals surface area contributed by atoms with Crippen LogP contribution in [0.2, 0.25) is 0 Å². The summed E-state index contributed by atoms with van der Waals surface area (Å²) in [6.45, 7) is 0.767. The second kappa shape index (κ2) is 16.7. The Bertz CT molecular complexity index is 2480. The first kappa shape index (κ1) is 38.1. The highest BCUT2D eigenvalue weighted by Gasteiger charge is 2.28.